The van der Waals surface area contributed by atoms with Crippen LogP contribution in [0.15, 0.2) is 47.5 Å². The average molecular weight is 373 g/mol. The lowest BCUT2D eigenvalue weighted by Crippen LogP contribution is -2.49. The molecule has 0 radical (unpaired) electrons. The summed E-state index contributed by atoms with van der Waals surface area (Å²) in [6, 6.07) is 10.7. The number of piperazine rings is 1. The summed E-state index contributed by atoms with van der Waals surface area (Å²) in [6.07, 6.45) is 1.58. The van der Waals surface area contributed by atoms with E-state index in [2.05, 4.69) is 11.1 Å². The molecule has 0 aliphatic carbocycles. The lowest BCUT2D eigenvalue weighted by molar-refractivity contribution is -0.387. The van der Waals surface area contributed by atoms with E-state index >= 15 is 0 Å². The molecule has 2 aromatic rings. The number of benzene rings is 1. The van der Waals surface area contributed by atoms with E-state index in [1.165, 1.54) is 28.6 Å². The van der Waals surface area contributed by atoms with E-state index in [1.807, 2.05) is 4.90 Å². The van der Waals surface area contributed by atoms with Gasteiger partial charge in [-0.05, 0) is 18.2 Å². The maximum absolute atomic E-state index is 12.8. The van der Waals surface area contributed by atoms with Crippen molar-refractivity contribution in [2.75, 3.05) is 31.1 Å². The molecule has 0 N–H and O–H groups in total. The van der Waals surface area contributed by atoms with Gasteiger partial charge in [0.15, 0.2) is 4.90 Å². The first kappa shape index (κ1) is 17.8. The number of nitro groups is 1. The van der Waals surface area contributed by atoms with Gasteiger partial charge in [0.1, 0.15) is 11.9 Å². The Bertz CT molecular complexity index is 978. The number of nitro benzene ring substituents is 1. The van der Waals surface area contributed by atoms with Gasteiger partial charge in [0.25, 0.3) is 5.69 Å². The fraction of sp³-hybridized carbons (Fsp3) is 0.250. The highest BCUT2D eigenvalue weighted by Gasteiger charge is 2.34. The van der Waals surface area contributed by atoms with Crippen LogP contribution in [-0.4, -0.2) is 48.8 Å². The third kappa shape index (κ3) is 3.22. The first-order valence-electron chi connectivity index (χ1n) is 7.79. The molecule has 0 spiro atoms. The molecular formula is C16H15N5O4S. The van der Waals surface area contributed by atoms with E-state index in [0.717, 1.165) is 0 Å². The zero-order valence-electron chi connectivity index (χ0n) is 13.6. The van der Waals surface area contributed by atoms with Crippen LogP contribution in [0.3, 0.4) is 0 Å². The normalized spacial score (nSPS) is 15.4. The summed E-state index contributed by atoms with van der Waals surface area (Å²) in [5.74, 6) is 0.512. The molecule has 1 aliphatic heterocycles. The molecule has 0 unspecified atom stereocenters. The second-order valence-corrected chi connectivity index (χ2v) is 7.51. The third-order valence-corrected chi connectivity index (χ3v) is 6.07. The number of sulfonamides is 1. The molecule has 0 amide bonds. The fourth-order valence-corrected chi connectivity index (χ4v) is 4.42. The van der Waals surface area contributed by atoms with E-state index in [-0.39, 0.29) is 18.0 Å². The number of nitriles is 1. The number of nitrogens with zero attached hydrogens (tertiary/aromatic N) is 5. The Balaban J connectivity index is 1.82. The Hall–Kier alpha value is -3.03. The van der Waals surface area contributed by atoms with Crippen LogP contribution in [0.4, 0.5) is 11.5 Å². The van der Waals surface area contributed by atoms with Crippen molar-refractivity contribution in [2.45, 2.75) is 4.90 Å². The van der Waals surface area contributed by atoms with Crippen molar-refractivity contribution in [1.29, 1.82) is 5.26 Å². The Labute approximate surface area is 150 Å². The maximum atomic E-state index is 12.8. The van der Waals surface area contributed by atoms with Gasteiger partial charge in [-0.3, -0.25) is 10.1 Å². The van der Waals surface area contributed by atoms with Gasteiger partial charge < -0.3 is 4.90 Å². The minimum absolute atomic E-state index is 0.149. The second-order valence-electron chi connectivity index (χ2n) is 5.60. The highest BCUT2D eigenvalue weighted by molar-refractivity contribution is 7.89. The molecule has 1 saturated heterocycles. The summed E-state index contributed by atoms with van der Waals surface area (Å²) >= 11 is 0. The molecule has 0 atom stereocenters. The fourth-order valence-electron chi connectivity index (χ4n) is 2.84. The van der Waals surface area contributed by atoms with Crippen molar-refractivity contribution in [1.82, 2.24) is 9.29 Å². The monoisotopic (exact) mass is 373 g/mol. The molecule has 1 fully saturated rings. The molecule has 0 saturated carbocycles. The topological polar surface area (TPSA) is 120 Å². The van der Waals surface area contributed by atoms with Gasteiger partial charge in [-0.2, -0.15) is 9.57 Å². The van der Waals surface area contributed by atoms with Crippen LogP contribution < -0.4 is 4.90 Å². The number of rotatable bonds is 4. The number of aromatic nitrogens is 1. The number of para-hydroxylation sites is 1. The molecule has 9 nitrogen and oxygen atoms in total. The van der Waals surface area contributed by atoms with Gasteiger partial charge in [0, 0.05) is 38.4 Å². The van der Waals surface area contributed by atoms with Crippen LogP contribution in [-0.2, 0) is 10.0 Å². The van der Waals surface area contributed by atoms with Gasteiger partial charge in [-0.25, -0.2) is 13.4 Å². The molecule has 2 heterocycles. The van der Waals surface area contributed by atoms with Crippen LogP contribution >= 0.6 is 0 Å². The predicted molar refractivity (Wildman–Crippen MR) is 93.0 cm³/mol. The first-order chi connectivity index (χ1) is 12.4. The SMILES string of the molecule is N#Cc1cccnc1N1CCN(S(=O)(=O)c2ccccc2[N+](=O)[O-])CC1. The molecule has 1 aromatic heterocycles. The number of anilines is 1. The highest BCUT2D eigenvalue weighted by atomic mass is 32.2. The van der Waals surface area contributed by atoms with Crippen LogP contribution in [0.1, 0.15) is 5.56 Å². The Kier molecular flexibility index (Phi) is 4.83. The molecule has 134 valence electrons. The average Bonchev–Trinajstić information content (AvgIpc) is 2.68. The molecule has 1 aliphatic rings. The summed E-state index contributed by atoms with van der Waals surface area (Å²) in [4.78, 5) is 16.2. The van der Waals surface area contributed by atoms with E-state index < -0.39 is 20.6 Å². The third-order valence-electron chi connectivity index (χ3n) is 4.13. The zero-order chi connectivity index (χ0) is 18.7. The van der Waals surface area contributed by atoms with Gasteiger partial charge in [0.2, 0.25) is 10.0 Å². The van der Waals surface area contributed by atoms with Gasteiger partial charge >= 0.3 is 0 Å². The van der Waals surface area contributed by atoms with Crippen LogP contribution in [0.25, 0.3) is 0 Å². The summed E-state index contributed by atoms with van der Waals surface area (Å²) in [7, 11) is -3.98. The smallest absolute Gasteiger partial charge is 0.289 e. The van der Waals surface area contributed by atoms with Crippen LogP contribution in [0, 0.1) is 21.4 Å². The Morgan fingerprint density at radius 1 is 1.12 bits per heavy atom. The molecule has 3 rings (SSSR count). The molecule has 0 bridgehead atoms. The molecule has 10 heteroatoms. The van der Waals surface area contributed by atoms with E-state index in [4.69, 9.17) is 0 Å². The summed E-state index contributed by atoms with van der Waals surface area (Å²) in [6.45, 7) is 0.975. The Morgan fingerprint density at radius 2 is 1.81 bits per heavy atom. The minimum atomic E-state index is -3.98. The standard InChI is InChI=1S/C16H15N5O4S/c17-12-13-4-3-7-18-16(13)19-8-10-20(11-9-19)26(24,25)15-6-2-1-5-14(15)21(22)23/h1-7H,8-11H2. The van der Waals surface area contributed by atoms with Gasteiger partial charge in [-0.1, -0.05) is 12.1 Å². The van der Waals surface area contributed by atoms with Crippen molar-refractivity contribution in [2.24, 2.45) is 0 Å². The van der Waals surface area contributed by atoms with E-state index in [9.17, 15) is 23.8 Å². The lowest BCUT2D eigenvalue weighted by atomic mass is 10.2. The van der Waals surface area contributed by atoms with E-state index in [0.29, 0.717) is 24.5 Å². The second kappa shape index (κ2) is 7.07. The van der Waals surface area contributed by atoms with Crippen molar-refractivity contribution < 1.29 is 13.3 Å². The maximum Gasteiger partial charge on any atom is 0.289 e. The number of hydrogen-bond acceptors (Lipinski definition) is 7. The number of pyridine rings is 1. The molecule has 26 heavy (non-hydrogen) atoms. The van der Waals surface area contributed by atoms with Crippen molar-refractivity contribution >= 4 is 21.5 Å². The van der Waals surface area contributed by atoms with Gasteiger partial charge in [-0.15, -0.1) is 0 Å². The number of hydrogen-bond donors (Lipinski definition) is 0. The van der Waals surface area contributed by atoms with E-state index in [1.54, 1.807) is 18.3 Å². The quantitative estimate of drug-likeness (QED) is 0.586. The molecular weight excluding hydrogens is 358 g/mol. The largest absolute Gasteiger partial charge is 0.353 e. The summed E-state index contributed by atoms with van der Waals surface area (Å²) in [5.41, 5.74) is -0.0195. The Morgan fingerprint density at radius 3 is 2.46 bits per heavy atom. The van der Waals surface area contributed by atoms with Crippen LogP contribution in [0.5, 0.6) is 0 Å². The lowest BCUT2D eigenvalue weighted by Gasteiger charge is -2.34. The summed E-state index contributed by atoms with van der Waals surface area (Å²) in [5, 5.41) is 20.3. The highest BCUT2D eigenvalue weighted by Crippen LogP contribution is 2.27. The first-order valence-corrected chi connectivity index (χ1v) is 9.23. The summed E-state index contributed by atoms with van der Waals surface area (Å²) < 4.78 is 26.9. The van der Waals surface area contributed by atoms with Crippen LogP contribution in [0.2, 0.25) is 0 Å². The van der Waals surface area contributed by atoms with Gasteiger partial charge in [0.05, 0.1) is 10.5 Å². The van der Waals surface area contributed by atoms with Crippen molar-refractivity contribution in [3.05, 3.63) is 58.3 Å². The molecule has 1 aromatic carbocycles. The predicted octanol–water partition coefficient (Wildman–Crippen LogP) is 1.37. The minimum Gasteiger partial charge on any atom is -0.353 e. The van der Waals surface area contributed by atoms with Crippen molar-refractivity contribution in [3.8, 4) is 6.07 Å². The van der Waals surface area contributed by atoms with Crippen molar-refractivity contribution in [3.63, 3.8) is 0 Å². The zero-order valence-corrected chi connectivity index (χ0v) is 14.5.